The maximum absolute atomic E-state index is 12.9. The molecule has 1 amide bonds. The molecule has 0 spiro atoms. The molecule has 0 aliphatic rings. The minimum Gasteiger partial charge on any atom is -0.441 e. The highest BCUT2D eigenvalue weighted by Gasteiger charge is 2.22. The van der Waals surface area contributed by atoms with Gasteiger partial charge in [-0.3, -0.25) is 4.79 Å². The van der Waals surface area contributed by atoms with E-state index in [1.54, 1.807) is 19.9 Å². The summed E-state index contributed by atoms with van der Waals surface area (Å²) in [4.78, 5) is 17.2. The Morgan fingerprint density at radius 3 is 2.63 bits per heavy atom. The molecule has 1 unspecified atom stereocenters. The number of oxazole rings is 1. The molecule has 4 aromatic rings. The van der Waals surface area contributed by atoms with Crippen LogP contribution in [0.15, 0.2) is 63.5 Å². The number of aryl methyl sites for hydroxylation is 2. The summed E-state index contributed by atoms with van der Waals surface area (Å²) < 4.78 is 10.5. The van der Waals surface area contributed by atoms with Crippen molar-refractivity contribution >= 4 is 28.5 Å². The summed E-state index contributed by atoms with van der Waals surface area (Å²) >= 11 is 0. The van der Waals surface area contributed by atoms with E-state index in [0.29, 0.717) is 23.1 Å². The summed E-state index contributed by atoms with van der Waals surface area (Å²) in [5.74, 6) is 1.36. The van der Waals surface area contributed by atoms with Crippen molar-refractivity contribution in [2.75, 3.05) is 10.6 Å². The van der Waals surface area contributed by atoms with Crippen LogP contribution in [0.1, 0.15) is 23.3 Å². The van der Waals surface area contributed by atoms with E-state index in [4.69, 9.17) is 8.94 Å². The van der Waals surface area contributed by atoms with Gasteiger partial charge >= 0.3 is 0 Å². The minimum absolute atomic E-state index is 0.245. The molecule has 0 aliphatic carbocycles. The van der Waals surface area contributed by atoms with Gasteiger partial charge < -0.3 is 19.6 Å². The lowest BCUT2D eigenvalue weighted by Crippen LogP contribution is -2.27. The van der Waals surface area contributed by atoms with Crippen molar-refractivity contribution in [3.8, 4) is 0 Å². The Bertz CT molecular complexity index is 1090. The average Bonchev–Trinajstić information content (AvgIpc) is 3.24. The second-order valence-electron chi connectivity index (χ2n) is 6.22. The fourth-order valence-corrected chi connectivity index (χ4v) is 2.87. The molecule has 2 aromatic carbocycles. The predicted molar refractivity (Wildman–Crippen MR) is 101 cm³/mol. The first-order valence-electron chi connectivity index (χ1n) is 8.51. The standard InChI is InChI=1S/C20H18N4O3/c1-12-10-18(24-27-12)23-20(25)19(14-6-4-3-5-7-14)22-15-8-9-17-16(11-15)21-13(2)26-17/h3-11,19,22H,1-2H3,(H,23,24,25). The molecule has 7 nitrogen and oxygen atoms in total. The minimum atomic E-state index is -0.617. The summed E-state index contributed by atoms with van der Waals surface area (Å²) in [7, 11) is 0. The zero-order chi connectivity index (χ0) is 18.8. The van der Waals surface area contributed by atoms with Gasteiger partial charge in [0, 0.05) is 18.7 Å². The van der Waals surface area contributed by atoms with Crippen LogP contribution in [-0.2, 0) is 4.79 Å². The van der Waals surface area contributed by atoms with Crippen LogP contribution in [0, 0.1) is 13.8 Å². The molecular formula is C20H18N4O3. The first-order valence-corrected chi connectivity index (χ1v) is 8.51. The summed E-state index contributed by atoms with van der Waals surface area (Å²) in [5.41, 5.74) is 3.02. The van der Waals surface area contributed by atoms with Crippen molar-refractivity contribution in [2.45, 2.75) is 19.9 Å². The Morgan fingerprint density at radius 2 is 1.89 bits per heavy atom. The molecule has 0 fully saturated rings. The third-order valence-electron chi connectivity index (χ3n) is 4.08. The lowest BCUT2D eigenvalue weighted by atomic mass is 10.1. The molecule has 27 heavy (non-hydrogen) atoms. The number of nitrogens with one attached hydrogen (secondary N) is 2. The normalized spacial score (nSPS) is 12.1. The molecule has 0 bridgehead atoms. The first-order chi connectivity index (χ1) is 13.1. The number of carbonyl (C=O) groups is 1. The van der Waals surface area contributed by atoms with Gasteiger partial charge in [-0.1, -0.05) is 35.5 Å². The summed E-state index contributed by atoms with van der Waals surface area (Å²) in [6.45, 7) is 3.57. The maximum Gasteiger partial charge on any atom is 0.252 e. The number of anilines is 2. The average molecular weight is 362 g/mol. The number of fused-ring (bicyclic) bond motifs is 1. The van der Waals surface area contributed by atoms with E-state index in [1.807, 2.05) is 48.5 Å². The predicted octanol–water partition coefficient (Wildman–Crippen LogP) is 4.22. The highest BCUT2D eigenvalue weighted by atomic mass is 16.5. The van der Waals surface area contributed by atoms with E-state index in [1.165, 1.54) is 0 Å². The Hall–Kier alpha value is -3.61. The Balaban J connectivity index is 1.63. The Kier molecular flexibility index (Phi) is 4.33. The van der Waals surface area contributed by atoms with Gasteiger partial charge in [0.25, 0.3) is 5.91 Å². The smallest absolute Gasteiger partial charge is 0.252 e. The van der Waals surface area contributed by atoms with Gasteiger partial charge in [0.15, 0.2) is 17.3 Å². The molecule has 0 radical (unpaired) electrons. The number of nitrogens with zero attached hydrogens (tertiary/aromatic N) is 2. The summed E-state index contributed by atoms with van der Waals surface area (Å²) in [5, 5.41) is 9.88. The van der Waals surface area contributed by atoms with Crippen LogP contribution >= 0.6 is 0 Å². The van der Waals surface area contributed by atoms with Crippen LogP contribution in [-0.4, -0.2) is 16.0 Å². The van der Waals surface area contributed by atoms with E-state index in [-0.39, 0.29) is 5.91 Å². The molecule has 4 rings (SSSR count). The van der Waals surface area contributed by atoms with E-state index in [0.717, 1.165) is 16.8 Å². The van der Waals surface area contributed by atoms with E-state index in [9.17, 15) is 4.79 Å². The number of hydrogen-bond acceptors (Lipinski definition) is 6. The number of hydrogen-bond donors (Lipinski definition) is 2. The van der Waals surface area contributed by atoms with Crippen molar-refractivity contribution in [3.63, 3.8) is 0 Å². The monoisotopic (exact) mass is 362 g/mol. The van der Waals surface area contributed by atoms with E-state index < -0.39 is 6.04 Å². The molecule has 0 saturated heterocycles. The number of carbonyl (C=O) groups excluding carboxylic acids is 1. The number of aromatic nitrogens is 2. The van der Waals surface area contributed by atoms with Crippen molar-refractivity contribution in [2.24, 2.45) is 0 Å². The third-order valence-corrected chi connectivity index (χ3v) is 4.08. The quantitative estimate of drug-likeness (QED) is 0.552. The van der Waals surface area contributed by atoms with Gasteiger partial charge in [-0.05, 0) is 30.7 Å². The molecule has 7 heteroatoms. The third kappa shape index (κ3) is 3.67. The van der Waals surface area contributed by atoms with Crippen molar-refractivity contribution in [1.29, 1.82) is 0 Å². The molecule has 1 atom stereocenters. The van der Waals surface area contributed by atoms with Gasteiger partial charge in [-0.25, -0.2) is 4.98 Å². The number of amides is 1. The second-order valence-corrected chi connectivity index (χ2v) is 6.22. The highest BCUT2D eigenvalue weighted by molar-refractivity contribution is 5.96. The highest BCUT2D eigenvalue weighted by Crippen LogP contribution is 2.25. The van der Waals surface area contributed by atoms with Crippen LogP contribution in [0.4, 0.5) is 11.5 Å². The van der Waals surface area contributed by atoms with Crippen LogP contribution in [0.3, 0.4) is 0 Å². The lowest BCUT2D eigenvalue weighted by molar-refractivity contribution is -0.117. The van der Waals surface area contributed by atoms with Gasteiger partial charge in [0.2, 0.25) is 0 Å². The lowest BCUT2D eigenvalue weighted by Gasteiger charge is -2.19. The molecule has 2 N–H and O–H groups in total. The second kappa shape index (κ2) is 6.95. The summed E-state index contributed by atoms with van der Waals surface area (Å²) in [6.07, 6.45) is 0. The van der Waals surface area contributed by atoms with Crippen LogP contribution < -0.4 is 10.6 Å². The largest absolute Gasteiger partial charge is 0.441 e. The van der Waals surface area contributed by atoms with Gasteiger partial charge in [-0.2, -0.15) is 0 Å². The van der Waals surface area contributed by atoms with Crippen LogP contribution in [0.5, 0.6) is 0 Å². The molecular weight excluding hydrogens is 344 g/mol. The van der Waals surface area contributed by atoms with E-state index >= 15 is 0 Å². The van der Waals surface area contributed by atoms with E-state index in [2.05, 4.69) is 20.8 Å². The first kappa shape index (κ1) is 16.8. The van der Waals surface area contributed by atoms with Gasteiger partial charge in [0.05, 0.1) is 0 Å². The maximum atomic E-state index is 12.9. The van der Waals surface area contributed by atoms with Crippen molar-refractivity contribution in [1.82, 2.24) is 10.1 Å². The zero-order valence-electron chi connectivity index (χ0n) is 14.9. The molecule has 0 saturated carbocycles. The molecule has 0 aliphatic heterocycles. The Labute approximate surface area is 155 Å². The molecule has 2 heterocycles. The van der Waals surface area contributed by atoms with Crippen molar-refractivity contribution in [3.05, 3.63) is 71.8 Å². The number of benzene rings is 2. The SMILES string of the molecule is Cc1cc(NC(=O)C(Nc2ccc3oc(C)nc3c2)c2ccccc2)no1. The summed E-state index contributed by atoms with van der Waals surface area (Å²) in [6, 6.07) is 16.1. The fourth-order valence-electron chi connectivity index (χ4n) is 2.87. The molecule has 136 valence electrons. The van der Waals surface area contributed by atoms with Gasteiger partial charge in [0.1, 0.15) is 17.3 Å². The zero-order valence-corrected chi connectivity index (χ0v) is 14.9. The van der Waals surface area contributed by atoms with Crippen LogP contribution in [0.25, 0.3) is 11.1 Å². The Morgan fingerprint density at radius 1 is 1.07 bits per heavy atom. The fraction of sp³-hybridized carbons (Fsp3) is 0.150. The van der Waals surface area contributed by atoms with Crippen LogP contribution in [0.2, 0.25) is 0 Å². The van der Waals surface area contributed by atoms with Gasteiger partial charge in [-0.15, -0.1) is 0 Å². The van der Waals surface area contributed by atoms with Crippen molar-refractivity contribution < 1.29 is 13.7 Å². The molecule has 2 aromatic heterocycles. The topological polar surface area (TPSA) is 93.2 Å². The number of rotatable bonds is 5.